The maximum atomic E-state index is 12.8. The molecule has 29 heavy (non-hydrogen) atoms. The van der Waals surface area contributed by atoms with Crippen LogP contribution < -0.4 is 10.5 Å². The van der Waals surface area contributed by atoms with Gasteiger partial charge < -0.3 is 4.90 Å². The highest BCUT2D eigenvalue weighted by Crippen LogP contribution is 2.33. The molecule has 0 unspecified atom stereocenters. The number of fused-ring (bicyclic) bond motifs is 1. The van der Waals surface area contributed by atoms with Crippen LogP contribution in [0.3, 0.4) is 0 Å². The van der Waals surface area contributed by atoms with Crippen molar-refractivity contribution in [2.24, 2.45) is 0 Å². The highest BCUT2D eigenvalue weighted by Gasteiger charge is 2.32. The molecule has 4 rings (SSSR count). The molecule has 0 aliphatic carbocycles. The molecule has 1 saturated heterocycles. The monoisotopic (exact) mass is 424 g/mol. The van der Waals surface area contributed by atoms with E-state index in [0.717, 1.165) is 12.3 Å². The number of piperazine rings is 1. The Kier molecular flexibility index (Phi) is 5.13. The number of nitrogens with zero attached hydrogens (tertiary/aromatic N) is 6. The van der Waals surface area contributed by atoms with E-state index in [0.29, 0.717) is 42.9 Å². The Morgan fingerprint density at radius 1 is 1.10 bits per heavy atom. The molecule has 3 aromatic rings. The van der Waals surface area contributed by atoms with Crippen molar-refractivity contribution >= 4 is 28.3 Å². The van der Waals surface area contributed by atoms with Gasteiger partial charge in [0.2, 0.25) is 0 Å². The summed E-state index contributed by atoms with van der Waals surface area (Å²) in [5.41, 5.74) is -0.550. The molecule has 7 nitrogen and oxygen atoms in total. The summed E-state index contributed by atoms with van der Waals surface area (Å²) in [4.78, 5) is 20.3. The first kappa shape index (κ1) is 19.6. The molecule has 0 bridgehead atoms. The van der Waals surface area contributed by atoms with Gasteiger partial charge in [-0.3, -0.25) is 9.69 Å². The molecule has 0 spiro atoms. The Balaban J connectivity index is 1.44. The van der Waals surface area contributed by atoms with Crippen molar-refractivity contribution in [1.29, 1.82) is 0 Å². The third-order valence-electron chi connectivity index (χ3n) is 4.78. The topological polar surface area (TPSA) is 67.2 Å². The summed E-state index contributed by atoms with van der Waals surface area (Å²) in [6.07, 6.45) is -3.69. The van der Waals surface area contributed by atoms with Crippen molar-refractivity contribution in [3.05, 3.63) is 57.5 Å². The lowest BCUT2D eigenvalue weighted by atomic mass is 10.2. The molecule has 0 saturated carbocycles. The van der Waals surface area contributed by atoms with Gasteiger partial charge in [-0.15, -0.1) is 5.10 Å². The predicted molar refractivity (Wildman–Crippen MR) is 102 cm³/mol. The second-order valence-corrected chi connectivity index (χ2v) is 7.09. The minimum Gasteiger partial charge on any atom is -0.353 e. The second-order valence-electron chi connectivity index (χ2n) is 6.68. The van der Waals surface area contributed by atoms with Crippen LogP contribution in [0.25, 0.3) is 10.9 Å². The largest absolute Gasteiger partial charge is 0.417 e. The lowest BCUT2D eigenvalue weighted by Gasteiger charge is -2.35. The molecular formula is C18H16ClF3N6O. The van der Waals surface area contributed by atoms with E-state index in [1.165, 1.54) is 4.68 Å². The summed E-state index contributed by atoms with van der Waals surface area (Å²) in [7, 11) is 0. The van der Waals surface area contributed by atoms with Crippen molar-refractivity contribution < 1.29 is 13.2 Å². The average molecular weight is 425 g/mol. The van der Waals surface area contributed by atoms with Crippen molar-refractivity contribution in [3.8, 4) is 0 Å². The van der Waals surface area contributed by atoms with E-state index in [9.17, 15) is 18.0 Å². The minimum absolute atomic E-state index is 0.0371. The zero-order chi connectivity index (χ0) is 20.6. The summed E-state index contributed by atoms with van der Waals surface area (Å²) in [6.45, 7) is 2.43. The van der Waals surface area contributed by atoms with Crippen LogP contribution in [0.2, 0.25) is 5.02 Å². The van der Waals surface area contributed by atoms with Gasteiger partial charge in [-0.1, -0.05) is 28.9 Å². The van der Waals surface area contributed by atoms with Gasteiger partial charge in [0.25, 0.3) is 5.56 Å². The first-order valence-electron chi connectivity index (χ1n) is 8.85. The maximum Gasteiger partial charge on any atom is 0.417 e. The van der Waals surface area contributed by atoms with Crippen LogP contribution in [-0.4, -0.2) is 51.1 Å². The summed E-state index contributed by atoms with van der Waals surface area (Å²) in [5, 5.41) is 8.51. The molecule has 1 aromatic carbocycles. The molecule has 3 heterocycles. The van der Waals surface area contributed by atoms with Crippen LogP contribution in [0.15, 0.2) is 41.3 Å². The van der Waals surface area contributed by atoms with Crippen molar-refractivity contribution in [2.45, 2.75) is 12.8 Å². The van der Waals surface area contributed by atoms with E-state index in [1.807, 2.05) is 9.80 Å². The fourth-order valence-corrected chi connectivity index (χ4v) is 3.51. The molecule has 1 aliphatic heterocycles. The fourth-order valence-electron chi connectivity index (χ4n) is 3.22. The highest BCUT2D eigenvalue weighted by atomic mass is 35.5. The lowest BCUT2D eigenvalue weighted by molar-refractivity contribution is -0.137. The van der Waals surface area contributed by atoms with E-state index in [4.69, 9.17) is 11.6 Å². The molecule has 0 N–H and O–H groups in total. The van der Waals surface area contributed by atoms with Gasteiger partial charge in [0, 0.05) is 32.4 Å². The Labute approximate surface area is 168 Å². The number of anilines is 1. The minimum atomic E-state index is -4.48. The Hall–Kier alpha value is -2.72. The second kappa shape index (κ2) is 7.60. The number of halogens is 4. The third kappa shape index (κ3) is 4.03. The molecule has 2 aromatic heterocycles. The Bertz CT molecular complexity index is 1090. The van der Waals surface area contributed by atoms with E-state index in [-0.39, 0.29) is 17.3 Å². The fraction of sp³-hybridized carbons (Fsp3) is 0.333. The van der Waals surface area contributed by atoms with Gasteiger partial charge in [-0.25, -0.2) is 4.98 Å². The van der Waals surface area contributed by atoms with Crippen LogP contribution >= 0.6 is 11.6 Å². The average Bonchev–Trinajstić information content (AvgIpc) is 2.70. The molecule has 0 atom stereocenters. The van der Waals surface area contributed by atoms with Crippen LogP contribution in [0.4, 0.5) is 19.0 Å². The summed E-state index contributed by atoms with van der Waals surface area (Å²) in [6, 6.07) is 7.89. The van der Waals surface area contributed by atoms with Gasteiger partial charge in [-0.05, 0) is 18.2 Å². The van der Waals surface area contributed by atoms with Gasteiger partial charge in [0.05, 0.1) is 22.6 Å². The van der Waals surface area contributed by atoms with Gasteiger partial charge in [0.15, 0.2) is 0 Å². The first-order chi connectivity index (χ1) is 13.8. The van der Waals surface area contributed by atoms with Gasteiger partial charge in [-0.2, -0.15) is 17.9 Å². The molecular weight excluding hydrogens is 409 g/mol. The highest BCUT2D eigenvalue weighted by molar-refractivity contribution is 6.33. The van der Waals surface area contributed by atoms with Crippen LogP contribution in [0.1, 0.15) is 5.56 Å². The number of hydrogen-bond acceptors (Lipinski definition) is 6. The van der Waals surface area contributed by atoms with Crippen LogP contribution in [0, 0.1) is 0 Å². The molecule has 11 heteroatoms. The zero-order valence-electron chi connectivity index (χ0n) is 15.1. The van der Waals surface area contributed by atoms with Crippen molar-refractivity contribution in [3.63, 3.8) is 0 Å². The molecule has 1 aliphatic rings. The molecule has 152 valence electrons. The summed E-state index contributed by atoms with van der Waals surface area (Å²) < 4.78 is 39.6. The van der Waals surface area contributed by atoms with Gasteiger partial charge in [0.1, 0.15) is 11.3 Å². The number of rotatable bonds is 3. The van der Waals surface area contributed by atoms with E-state index < -0.39 is 11.7 Å². The quantitative estimate of drug-likeness (QED) is 0.644. The molecule has 0 radical (unpaired) electrons. The van der Waals surface area contributed by atoms with Gasteiger partial charge >= 0.3 is 6.18 Å². The smallest absolute Gasteiger partial charge is 0.353 e. The normalized spacial score (nSPS) is 15.8. The number of hydrogen-bond donors (Lipinski definition) is 0. The SMILES string of the molecule is O=c1c2ccccc2nnn1CN1CCN(c2ncc(C(F)(F)F)cc2Cl)CC1. The van der Waals surface area contributed by atoms with E-state index >= 15 is 0 Å². The summed E-state index contributed by atoms with van der Waals surface area (Å²) in [5.74, 6) is 0.321. The standard InChI is InChI=1S/C18H16ClF3N6O/c19-14-9-12(18(20,21)22)10-23-16(14)27-7-5-26(6-8-27)11-28-17(29)13-3-1-2-4-15(13)24-25-28/h1-4,9-10H,5-8,11H2. The predicted octanol–water partition coefficient (Wildman–Crippen LogP) is 2.64. The van der Waals surface area contributed by atoms with E-state index in [2.05, 4.69) is 15.3 Å². The lowest BCUT2D eigenvalue weighted by Crippen LogP contribution is -2.48. The third-order valence-corrected chi connectivity index (χ3v) is 5.06. The van der Waals surface area contributed by atoms with E-state index in [1.54, 1.807) is 24.3 Å². The first-order valence-corrected chi connectivity index (χ1v) is 9.23. The number of alkyl halides is 3. The molecule has 1 fully saturated rings. The number of pyridine rings is 1. The maximum absolute atomic E-state index is 12.8. The summed E-state index contributed by atoms with van der Waals surface area (Å²) >= 11 is 6.03. The van der Waals surface area contributed by atoms with Crippen molar-refractivity contribution in [2.75, 3.05) is 31.1 Å². The zero-order valence-corrected chi connectivity index (χ0v) is 15.9. The van der Waals surface area contributed by atoms with Crippen LogP contribution in [0.5, 0.6) is 0 Å². The number of benzene rings is 1. The molecule has 0 amide bonds. The Morgan fingerprint density at radius 3 is 2.52 bits per heavy atom. The Morgan fingerprint density at radius 2 is 1.83 bits per heavy atom. The van der Waals surface area contributed by atoms with Crippen LogP contribution in [-0.2, 0) is 12.8 Å². The number of aromatic nitrogens is 4. The van der Waals surface area contributed by atoms with Crippen molar-refractivity contribution in [1.82, 2.24) is 24.9 Å².